The van der Waals surface area contributed by atoms with Crippen LogP contribution in [0.2, 0.25) is 0 Å². The lowest BCUT2D eigenvalue weighted by Crippen LogP contribution is -2.51. The second-order valence-corrected chi connectivity index (χ2v) is 7.50. The van der Waals surface area contributed by atoms with Gasteiger partial charge in [0.15, 0.2) is 0 Å². The highest BCUT2D eigenvalue weighted by atomic mass is 19.4. The fraction of sp³-hybridized carbons (Fsp3) is 0.500. The van der Waals surface area contributed by atoms with Gasteiger partial charge in [-0.3, -0.25) is 10.1 Å². The Labute approximate surface area is 163 Å². The third-order valence-electron chi connectivity index (χ3n) is 5.31. The second-order valence-electron chi connectivity index (χ2n) is 7.50. The van der Waals surface area contributed by atoms with Gasteiger partial charge >= 0.3 is 6.18 Å². The van der Waals surface area contributed by atoms with Gasteiger partial charge in [-0.05, 0) is 26.0 Å². The summed E-state index contributed by atoms with van der Waals surface area (Å²) in [6.45, 7) is 3.58. The van der Waals surface area contributed by atoms with Crippen molar-refractivity contribution in [2.24, 2.45) is 0 Å². The first kappa shape index (κ1) is 19.8. The highest BCUT2D eigenvalue weighted by Crippen LogP contribution is 2.37. The summed E-state index contributed by atoms with van der Waals surface area (Å²) in [6, 6.07) is 2.02. The fourth-order valence-electron chi connectivity index (χ4n) is 3.91. The number of carbonyl (C=O) groups is 1. The zero-order valence-electron chi connectivity index (χ0n) is 15.7. The summed E-state index contributed by atoms with van der Waals surface area (Å²) >= 11 is 0. The molecule has 1 aromatic carbocycles. The zero-order chi connectivity index (χ0) is 21.0. The molecule has 0 saturated carbocycles. The molecular weight excluding hydrogens is 394 g/mol. The molecule has 7 nitrogen and oxygen atoms in total. The number of nitrogens with zero attached hydrogens (tertiary/aromatic N) is 3. The number of aromatic nitrogens is 3. The van der Waals surface area contributed by atoms with Crippen molar-refractivity contribution in [1.29, 1.82) is 0 Å². The molecule has 0 spiro atoms. The maximum atomic E-state index is 14.7. The third kappa shape index (κ3) is 3.38. The molecule has 4 rings (SSSR count). The number of nitrogens with one attached hydrogen (secondary N) is 2. The van der Waals surface area contributed by atoms with Gasteiger partial charge in [-0.25, -0.2) is 9.07 Å². The molecule has 156 valence electrons. The highest BCUT2D eigenvalue weighted by molar-refractivity contribution is 5.77. The molecule has 1 amide bonds. The van der Waals surface area contributed by atoms with E-state index in [4.69, 9.17) is 4.74 Å². The van der Waals surface area contributed by atoms with Gasteiger partial charge in [-0.1, -0.05) is 11.3 Å². The molecule has 3 atom stereocenters. The Morgan fingerprint density at radius 1 is 1.34 bits per heavy atom. The average Bonchev–Trinajstić information content (AvgIpc) is 3.05. The summed E-state index contributed by atoms with van der Waals surface area (Å²) in [5.41, 5.74) is -1.17. The van der Waals surface area contributed by atoms with Crippen LogP contribution in [-0.2, 0) is 27.9 Å². The molecule has 2 aromatic rings. The van der Waals surface area contributed by atoms with Crippen molar-refractivity contribution in [3.63, 3.8) is 0 Å². The lowest BCUT2D eigenvalue weighted by atomic mass is 9.90. The Kier molecular flexibility index (Phi) is 4.61. The number of benzene rings is 1. The van der Waals surface area contributed by atoms with E-state index in [0.717, 1.165) is 12.1 Å². The van der Waals surface area contributed by atoms with Crippen molar-refractivity contribution < 1.29 is 27.1 Å². The predicted octanol–water partition coefficient (Wildman–Crippen LogP) is 2.23. The van der Waals surface area contributed by atoms with Crippen LogP contribution < -0.4 is 10.6 Å². The lowest BCUT2D eigenvalue weighted by molar-refractivity contribution is -0.137. The van der Waals surface area contributed by atoms with Crippen molar-refractivity contribution in [2.45, 2.75) is 50.8 Å². The normalized spacial score (nSPS) is 27.4. The molecule has 29 heavy (non-hydrogen) atoms. The van der Waals surface area contributed by atoms with Crippen LogP contribution in [0.1, 0.15) is 48.8 Å². The fourth-order valence-corrected chi connectivity index (χ4v) is 3.91. The highest BCUT2D eigenvalue weighted by Gasteiger charge is 2.42. The van der Waals surface area contributed by atoms with Gasteiger partial charge in [-0.15, -0.1) is 5.10 Å². The van der Waals surface area contributed by atoms with E-state index in [0.29, 0.717) is 17.5 Å². The van der Waals surface area contributed by atoms with Gasteiger partial charge < -0.3 is 10.1 Å². The Hall–Kier alpha value is -2.53. The van der Waals surface area contributed by atoms with Crippen LogP contribution in [0.3, 0.4) is 0 Å². The van der Waals surface area contributed by atoms with Crippen molar-refractivity contribution in [3.05, 3.63) is 46.5 Å². The monoisotopic (exact) mass is 413 g/mol. The van der Waals surface area contributed by atoms with E-state index in [1.54, 1.807) is 13.8 Å². The molecule has 2 N–H and O–H groups in total. The minimum atomic E-state index is -4.64. The predicted molar refractivity (Wildman–Crippen MR) is 91.9 cm³/mol. The SMILES string of the molecule is CC1NC(=O)CC(c2nnn3c2COCC3(C)c2ccc(C(F)(F)F)cc2F)N1. The molecule has 1 aromatic heterocycles. The van der Waals surface area contributed by atoms with Crippen molar-refractivity contribution in [3.8, 4) is 0 Å². The first-order valence-electron chi connectivity index (χ1n) is 9.05. The standard InChI is InChI=1S/C18H19F4N5O2/c1-9-23-13(6-15(28)24-9)16-14-7-29-8-17(2,27(14)26-25-16)11-4-3-10(5-12(11)19)18(20,21)22/h3-5,9,13,23H,6-8H2,1-2H3,(H,24,28). The van der Waals surface area contributed by atoms with Gasteiger partial charge in [-0.2, -0.15) is 13.2 Å². The van der Waals surface area contributed by atoms with E-state index in [9.17, 15) is 22.4 Å². The number of fused-ring (bicyclic) bond motifs is 1. The molecule has 2 aliphatic heterocycles. The van der Waals surface area contributed by atoms with Gasteiger partial charge in [0.2, 0.25) is 5.91 Å². The summed E-state index contributed by atoms with van der Waals surface area (Å²) in [4.78, 5) is 11.9. The molecule has 1 fully saturated rings. The maximum absolute atomic E-state index is 14.7. The molecule has 2 aliphatic rings. The number of amides is 1. The summed E-state index contributed by atoms with van der Waals surface area (Å²) in [5, 5.41) is 14.3. The quantitative estimate of drug-likeness (QED) is 0.738. The van der Waals surface area contributed by atoms with Crippen molar-refractivity contribution >= 4 is 5.91 Å². The minimum Gasteiger partial charge on any atom is -0.372 e. The molecule has 0 radical (unpaired) electrons. The van der Waals surface area contributed by atoms with E-state index in [2.05, 4.69) is 20.9 Å². The van der Waals surface area contributed by atoms with Gasteiger partial charge in [0, 0.05) is 12.0 Å². The van der Waals surface area contributed by atoms with Crippen molar-refractivity contribution in [1.82, 2.24) is 25.6 Å². The number of ether oxygens (including phenoxy) is 1. The number of carbonyl (C=O) groups excluding carboxylic acids is 1. The van der Waals surface area contributed by atoms with E-state index >= 15 is 0 Å². The van der Waals surface area contributed by atoms with Gasteiger partial charge in [0.1, 0.15) is 17.1 Å². The molecule has 1 saturated heterocycles. The topological polar surface area (TPSA) is 81.1 Å². The molecule has 0 bridgehead atoms. The largest absolute Gasteiger partial charge is 0.416 e. The van der Waals surface area contributed by atoms with Crippen LogP contribution in [0, 0.1) is 5.82 Å². The van der Waals surface area contributed by atoms with Crippen LogP contribution in [0.25, 0.3) is 0 Å². The first-order valence-corrected chi connectivity index (χ1v) is 9.05. The number of halogens is 4. The third-order valence-corrected chi connectivity index (χ3v) is 5.31. The molecular formula is C18H19F4N5O2. The Morgan fingerprint density at radius 2 is 2.10 bits per heavy atom. The van der Waals surface area contributed by atoms with E-state index in [1.807, 2.05) is 0 Å². The lowest BCUT2D eigenvalue weighted by Gasteiger charge is -2.36. The van der Waals surface area contributed by atoms with E-state index in [-0.39, 0.29) is 37.3 Å². The van der Waals surface area contributed by atoms with E-state index in [1.165, 1.54) is 4.68 Å². The van der Waals surface area contributed by atoms with Gasteiger partial charge in [0.05, 0.1) is 36.7 Å². The molecule has 3 unspecified atom stereocenters. The average molecular weight is 413 g/mol. The molecule has 3 heterocycles. The summed E-state index contributed by atoms with van der Waals surface area (Å²) in [5.74, 6) is -1.14. The smallest absolute Gasteiger partial charge is 0.372 e. The number of hydrogen-bond acceptors (Lipinski definition) is 5. The summed E-state index contributed by atoms with van der Waals surface area (Å²) < 4.78 is 60.5. The van der Waals surface area contributed by atoms with E-state index < -0.39 is 29.1 Å². The molecule has 11 heteroatoms. The number of rotatable bonds is 2. The van der Waals surface area contributed by atoms with Crippen LogP contribution in [0.15, 0.2) is 18.2 Å². The molecule has 0 aliphatic carbocycles. The first-order chi connectivity index (χ1) is 13.6. The van der Waals surface area contributed by atoms with Crippen LogP contribution >= 0.6 is 0 Å². The Morgan fingerprint density at radius 3 is 2.76 bits per heavy atom. The van der Waals surface area contributed by atoms with Crippen LogP contribution in [0.5, 0.6) is 0 Å². The number of hydrogen-bond donors (Lipinski definition) is 2. The van der Waals surface area contributed by atoms with Crippen LogP contribution in [-0.4, -0.2) is 33.7 Å². The Balaban J connectivity index is 1.74. The second kappa shape index (κ2) is 6.77. The number of alkyl halides is 3. The van der Waals surface area contributed by atoms with Gasteiger partial charge in [0.25, 0.3) is 0 Å². The maximum Gasteiger partial charge on any atom is 0.416 e. The summed E-state index contributed by atoms with van der Waals surface area (Å²) in [6.07, 6.45) is -4.75. The summed E-state index contributed by atoms with van der Waals surface area (Å²) in [7, 11) is 0. The minimum absolute atomic E-state index is 0.0140. The van der Waals surface area contributed by atoms with Crippen LogP contribution in [0.4, 0.5) is 17.6 Å². The zero-order valence-corrected chi connectivity index (χ0v) is 15.7. The Bertz CT molecular complexity index is 960. The van der Waals surface area contributed by atoms with Crippen molar-refractivity contribution in [2.75, 3.05) is 6.61 Å².